The first-order valence-electron chi connectivity index (χ1n) is 6.89. The fourth-order valence-electron chi connectivity index (χ4n) is 1.87. The lowest BCUT2D eigenvalue weighted by Gasteiger charge is -2.18. The smallest absolute Gasteiger partial charge is 0.326 e. The molecule has 1 saturated heterocycles. The minimum atomic E-state index is -1.34. The molecular formula is C15H15N2O6-. The zero-order chi connectivity index (χ0) is 17.0. The van der Waals surface area contributed by atoms with Crippen LogP contribution in [0, 0.1) is 0 Å². The molecule has 0 spiro atoms. The van der Waals surface area contributed by atoms with Gasteiger partial charge in [0.1, 0.15) is 11.8 Å². The third-order valence-corrected chi connectivity index (χ3v) is 2.93. The normalized spacial score (nSPS) is 16.7. The Balaban J connectivity index is 2.28. The van der Waals surface area contributed by atoms with Crippen LogP contribution >= 0.6 is 0 Å². The predicted molar refractivity (Wildman–Crippen MR) is 77.4 cm³/mol. The SMILES string of the molecule is CCOc1cc(/C=C2/NC(=O)NC2=O)ccc1O[C@H](C)C(=O)[O-]. The van der Waals surface area contributed by atoms with E-state index in [1.54, 1.807) is 19.1 Å². The molecule has 1 aromatic carbocycles. The van der Waals surface area contributed by atoms with Crippen LogP contribution in [0.4, 0.5) is 4.79 Å². The number of carbonyl (C=O) groups is 3. The molecule has 1 aliphatic rings. The Kier molecular flexibility index (Phi) is 4.85. The zero-order valence-corrected chi connectivity index (χ0v) is 12.5. The number of carboxylic acid groups (broad SMARTS) is 1. The third-order valence-electron chi connectivity index (χ3n) is 2.93. The highest BCUT2D eigenvalue weighted by atomic mass is 16.5. The first-order chi connectivity index (χ1) is 10.9. The maximum absolute atomic E-state index is 11.5. The fourth-order valence-corrected chi connectivity index (χ4v) is 1.87. The van der Waals surface area contributed by atoms with E-state index in [9.17, 15) is 19.5 Å². The van der Waals surface area contributed by atoms with Crippen LogP contribution in [-0.2, 0) is 9.59 Å². The molecule has 8 heteroatoms. The number of benzene rings is 1. The number of rotatable bonds is 6. The monoisotopic (exact) mass is 319 g/mol. The second kappa shape index (κ2) is 6.82. The van der Waals surface area contributed by atoms with Crippen LogP contribution in [0.15, 0.2) is 23.9 Å². The lowest BCUT2D eigenvalue weighted by atomic mass is 10.1. The molecule has 23 heavy (non-hydrogen) atoms. The average molecular weight is 319 g/mol. The van der Waals surface area contributed by atoms with Crippen LogP contribution < -0.4 is 25.2 Å². The zero-order valence-electron chi connectivity index (χ0n) is 12.5. The van der Waals surface area contributed by atoms with E-state index >= 15 is 0 Å². The number of ether oxygens (including phenoxy) is 2. The van der Waals surface area contributed by atoms with Gasteiger partial charge < -0.3 is 24.7 Å². The second-order valence-electron chi connectivity index (χ2n) is 4.68. The molecule has 1 heterocycles. The minimum Gasteiger partial charge on any atom is -0.546 e. The van der Waals surface area contributed by atoms with E-state index in [0.717, 1.165) is 0 Å². The molecule has 0 unspecified atom stereocenters. The van der Waals surface area contributed by atoms with Crippen LogP contribution in [-0.4, -0.2) is 30.6 Å². The van der Waals surface area contributed by atoms with Gasteiger partial charge in [0.2, 0.25) is 0 Å². The van der Waals surface area contributed by atoms with E-state index < -0.39 is 24.0 Å². The number of carbonyl (C=O) groups excluding carboxylic acids is 3. The van der Waals surface area contributed by atoms with Crippen molar-refractivity contribution in [2.24, 2.45) is 0 Å². The summed E-state index contributed by atoms with van der Waals surface area (Å²) < 4.78 is 10.7. The Hall–Kier alpha value is -3.03. The van der Waals surface area contributed by atoms with E-state index in [0.29, 0.717) is 17.9 Å². The minimum absolute atomic E-state index is 0.106. The van der Waals surface area contributed by atoms with Gasteiger partial charge >= 0.3 is 6.03 Å². The van der Waals surface area contributed by atoms with Crippen molar-refractivity contribution < 1.29 is 29.0 Å². The summed E-state index contributed by atoms with van der Waals surface area (Å²) in [7, 11) is 0. The lowest BCUT2D eigenvalue weighted by molar-refractivity contribution is -0.312. The maximum atomic E-state index is 11.5. The molecule has 0 saturated carbocycles. The Morgan fingerprint density at radius 3 is 2.61 bits per heavy atom. The van der Waals surface area contributed by atoms with Gasteiger partial charge in [-0.25, -0.2) is 4.79 Å². The first-order valence-corrected chi connectivity index (χ1v) is 6.89. The molecule has 1 atom stereocenters. The number of hydrogen-bond donors (Lipinski definition) is 2. The van der Waals surface area contributed by atoms with Gasteiger partial charge in [-0.15, -0.1) is 0 Å². The summed E-state index contributed by atoms with van der Waals surface area (Å²) in [6, 6.07) is 4.11. The number of amides is 3. The molecule has 2 N–H and O–H groups in total. The van der Waals surface area contributed by atoms with Gasteiger partial charge in [0.15, 0.2) is 11.5 Å². The summed E-state index contributed by atoms with van der Waals surface area (Å²) >= 11 is 0. The van der Waals surface area contributed by atoms with Crippen molar-refractivity contribution in [1.29, 1.82) is 0 Å². The number of imide groups is 1. The number of hydrogen-bond acceptors (Lipinski definition) is 6. The van der Waals surface area contributed by atoms with E-state index in [2.05, 4.69) is 10.6 Å². The summed E-state index contributed by atoms with van der Waals surface area (Å²) in [6.07, 6.45) is 0.327. The Labute approximate surface area is 132 Å². The van der Waals surface area contributed by atoms with Crippen molar-refractivity contribution in [3.05, 3.63) is 29.5 Å². The highest BCUT2D eigenvalue weighted by molar-refractivity contribution is 6.14. The van der Waals surface area contributed by atoms with Gasteiger partial charge in [-0.05, 0) is 37.6 Å². The van der Waals surface area contributed by atoms with Gasteiger partial charge in [0, 0.05) is 0 Å². The van der Waals surface area contributed by atoms with Gasteiger partial charge in [-0.1, -0.05) is 6.07 Å². The largest absolute Gasteiger partial charge is 0.546 e. The topological polar surface area (TPSA) is 117 Å². The molecule has 3 amide bonds. The molecule has 1 aliphatic heterocycles. The average Bonchev–Trinajstić information content (AvgIpc) is 2.79. The van der Waals surface area contributed by atoms with E-state index in [1.807, 2.05) is 0 Å². The van der Waals surface area contributed by atoms with Crippen molar-refractivity contribution >= 4 is 24.0 Å². The molecule has 1 fully saturated rings. The Bertz CT molecular complexity index is 683. The van der Waals surface area contributed by atoms with E-state index in [4.69, 9.17) is 9.47 Å². The summed E-state index contributed by atoms with van der Waals surface area (Å²) in [6.45, 7) is 3.45. The summed E-state index contributed by atoms with van der Waals surface area (Å²) in [5.74, 6) is -1.31. The van der Waals surface area contributed by atoms with Crippen LogP contribution in [0.25, 0.3) is 6.08 Å². The fraction of sp³-hybridized carbons (Fsp3) is 0.267. The summed E-state index contributed by atoms with van der Waals surface area (Å²) in [4.78, 5) is 33.3. The number of urea groups is 1. The highest BCUT2D eigenvalue weighted by Crippen LogP contribution is 2.30. The molecule has 2 rings (SSSR count). The van der Waals surface area contributed by atoms with Crippen LogP contribution in [0.5, 0.6) is 11.5 Å². The summed E-state index contributed by atoms with van der Waals surface area (Å²) in [5, 5.41) is 15.2. The van der Waals surface area contributed by atoms with Crippen molar-refractivity contribution in [2.45, 2.75) is 20.0 Å². The van der Waals surface area contributed by atoms with E-state index in [-0.39, 0.29) is 11.4 Å². The number of carboxylic acids is 1. The van der Waals surface area contributed by atoms with Gasteiger partial charge in [-0.3, -0.25) is 10.1 Å². The second-order valence-corrected chi connectivity index (χ2v) is 4.68. The maximum Gasteiger partial charge on any atom is 0.326 e. The molecular weight excluding hydrogens is 304 g/mol. The Morgan fingerprint density at radius 1 is 1.30 bits per heavy atom. The number of aliphatic carboxylic acids is 1. The van der Waals surface area contributed by atoms with Crippen molar-refractivity contribution in [3.63, 3.8) is 0 Å². The molecule has 0 radical (unpaired) electrons. The quantitative estimate of drug-likeness (QED) is 0.553. The van der Waals surface area contributed by atoms with Gasteiger partial charge in [0.25, 0.3) is 5.91 Å². The molecule has 8 nitrogen and oxygen atoms in total. The van der Waals surface area contributed by atoms with E-state index in [1.165, 1.54) is 19.1 Å². The van der Waals surface area contributed by atoms with Crippen LogP contribution in [0.2, 0.25) is 0 Å². The summed E-state index contributed by atoms with van der Waals surface area (Å²) in [5.41, 5.74) is 0.684. The van der Waals surface area contributed by atoms with Crippen LogP contribution in [0.3, 0.4) is 0 Å². The molecule has 0 aromatic heterocycles. The molecule has 0 aliphatic carbocycles. The van der Waals surface area contributed by atoms with Crippen molar-refractivity contribution in [3.8, 4) is 11.5 Å². The highest BCUT2D eigenvalue weighted by Gasteiger charge is 2.23. The molecule has 0 bridgehead atoms. The molecule has 1 aromatic rings. The van der Waals surface area contributed by atoms with Gasteiger partial charge in [-0.2, -0.15) is 0 Å². The Morgan fingerprint density at radius 2 is 2.04 bits per heavy atom. The van der Waals surface area contributed by atoms with Gasteiger partial charge in [0.05, 0.1) is 12.6 Å². The van der Waals surface area contributed by atoms with Crippen molar-refractivity contribution in [1.82, 2.24) is 10.6 Å². The standard InChI is InChI=1S/C15H16N2O6/c1-3-22-12-7-9(6-10-13(18)17-15(21)16-10)4-5-11(12)23-8(2)14(19)20/h4-8H,3H2,1-2H3,(H,19,20)(H2,16,17,18,21)/p-1/b10-6+/t8-/m1/s1. The predicted octanol–water partition coefficient (Wildman–Crippen LogP) is -0.217. The number of nitrogens with one attached hydrogen (secondary N) is 2. The van der Waals surface area contributed by atoms with Crippen LogP contribution in [0.1, 0.15) is 19.4 Å². The lowest BCUT2D eigenvalue weighted by Crippen LogP contribution is -2.37. The first kappa shape index (κ1) is 16.3. The molecule has 122 valence electrons. The van der Waals surface area contributed by atoms with Crippen molar-refractivity contribution in [2.75, 3.05) is 6.61 Å². The third kappa shape index (κ3) is 4.00.